The Kier molecular flexibility index (Phi) is 4.45. The predicted molar refractivity (Wildman–Crippen MR) is 38.1 cm³/mol. The van der Waals surface area contributed by atoms with Gasteiger partial charge in [0.2, 0.25) is 0 Å². The van der Waals surface area contributed by atoms with Crippen molar-refractivity contribution in [3.63, 3.8) is 0 Å². The molecule has 0 radical (unpaired) electrons. The third-order valence-electron chi connectivity index (χ3n) is 1.42. The fourth-order valence-electron chi connectivity index (χ4n) is 0.728. The fourth-order valence-corrected chi connectivity index (χ4v) is 0.728. The van der Waals surface area contributed by atoms with Crippen LogP contribution in [0.3, 0.4) is 0 Å². The molecule has 4 heteroatoms. The van der Waals surface area contributed by atoms with E-state index in [1.807, 2.05) is 0 Å². The van der Waals surface area contributed by atoms with Gasteiger partial charge in [-0.05, 0) is 6.42 Å². The first-order valence-corrected chi connectivity index (χ1v) is 3.78. The normalized spacial score (nSPS) is 22.1. The molecule has 1 aliphatic heterocycles. The Hall–Kier alpha value is -0.160. The fraction of sp³-hybridized carbons (Fsp3) is 1.00. The number of rotatable bonds is 7. The molecule has 0 saturated carbocycles. The van der Waals surface area contributed by atoms with Gasteiger partial charge < -0.3 is 9.47 Å². The van der Waals surface area contributed by atoms with E-state index in [0.717, 1.165) is 19.6 Å². The Bertz CT molecular complexity index is 92.4. The van der Waals surface area contributed by atoms with Crippen LogP contribution in [-0.2, 0) is 19.2 Å². The van der Waals surface area contributed by atoms with E-state index in [9.17, 15) is 0 Å². The quantitative estimate of drug-likeness (QED) is 0.235. The van der Waals surface area contributed by atoms with E-state index in [4.69, 9.17) is 9.47 Å². The van der Waals surface area contributed by atoms with Gasteiger partial charge in [-0.15, -0.1) is 0 Å². The minimum absolute atomic E-state index is 0.457. The smallest absolute Gasteiger partial charge is 0.106 e. The lowest BCUT2D eigenvalue weighted by atomic mass is 10.3. The molecule has 4 nitrogen and oxygen atoms in total. The molecule has 1 atom stereocenters. The molecule has 1 rings (SSSR count). The summed E-state index contributed by atoms with van der Waals surface area (Å²) in [7, 11) is 1.48. The van der Waals surface area contributed by atoms with Crippen LogP contribution in [0.1, 0.15) is 6.42 Å². The highest BCUT2D eigenvalue weighted by atomic mass is 17.2. The van der Waals surface area contributed by atoms with Crippen molar-refractivity contribution in [1.82, 2.24) is 0 Å². The van der Waals surface area contributed by atoms with Crippen LogP contribution in [0.25, 0.3) is 0 Å². The zero-order chi connectivity index (χ0) is 7.94. The highest BCUT2D eigenvalue weighted by Gasteiger charge is 2.21. The molecule has 0 aromatic heterocycles. The molecular formula is C7H14O4. The second-order valence-electron chi connectivity index (χ2n) is 2.35. The molecular weight excluding hydrogens is 148 g/mol. The highest BCUT2D eigenvalue weighted by molar-refractivity contribution is 4.67. The van der Waals surface area contributed by atoms with Crippen LogP contribution in [0.4, 0.5) is 0 Å². The Balaban J connectivity index is 1.66. The van der Waals surface area contributed by atoms with Gasteiger partial charge >= 0.3 is 0 Å². The summed E-state index contributed by atoms with van der Waals surface area (Å²) >= 11 is 0. The lowest BCUT2D eigenvalue weighted by Crippen LogP contribution is -2.05. The predicted octanol–water partition coefficient (Wildman–Crippen LogP) is 0.370. The zero-order valence-corrected chi connectivity index (χ0v) is 6.75. The van der Waals surface area contributed by atoms with Gasteiger partial charge in [0.15, 0.2) is 0 Å². The number of epoxide rings is 1. The molecule has 0 aromatic rings. The van der Waals surface area contributed by atoms with Crippen molar-refractivity contribution in [3.8, 4) is 0 Å². The summed E-state index contributed by atoms with van der Waals surface area (Å²) < 4.78 is 10.2. The van der Waals surface area contributed by atoms with Crippen molar-refractivity contribution in [2.75, 3.05) is 33.5 Å². The van der Waals surface area contributed by atoms with Crippen molar-refractivity contribution in [3.05, 3.63) is 0 Å². The molecule has 11 heavy (non-hydrogen) atoms. The summed E-state index contributed by atoms with van der Waals surface area (Å²) in [5.74, 6) is 0. The largest absolute Gasteiger partial charge is 0.379 e. The van der Waals surface area contributed by atoms with Crippen LogP contribution in [0, 0.1) is 0 Å². The molecule has 0 aromatic carbocycles. The third kappa shape index (κ3) is 5.15. The van der Waals surface area contributed by atoms with E-state index in [0.29, 0.717) is 19.3 Å². The van der Waals surface area contributed by atoms with Gasteiger partial charge in [0.1, 0.15) is 6.61 Å². The first-order chi connectivity index (χ1) is 5.43. The molecule has 0 bridgehead atoms. The van der Waals surface area contributed by atoms with E-state index in [-0.39, 0.29) is 0 Å². The number of hydrogen-bond donors (Lipinski definition) is 0. The summed E-state index contributed by atoms with van der Waals surface area (Å²) in [6.07, 6.45) is 1.45. The van der Waals surface area contributed by atoms with E-state index in [2.05, 4.69) is 9.78 Å². The van der Waals surface area contributed by atoms with Crippen molar-refractivity contribution >= 4 is 0 Å². The van der Waals surface area contributed by atoms with E-state index >= 15 is 0 Å². The molecule has 1 saturated heterocycles. The molecule has 0 N–H and O–H groups in total. The molecule has 1 fully saturated rings. The number of hydrogen-bond acceptors (Lipinski definition) is 4. The maximum absolute atomic E-state index is 5.20. The van der Waals surface area contributed by atoms with Crippen LogP contribution in [0.5, 0.6) is 0 Å². The molecule has 1 heterocycles. The summed E-state index contributed by atoms with van der Waals surface area (Å²) in [6.45, 7) is 2.72. The Labute approximate surface area is 66.3 Å². The molecule has 66 valence electrons. The van der Waals surface area contributed by atoms with Gasteiger partial charge in [0.05, 0.1) is 26.4 Å². The van der Waals surface area contributed by atoms with Crippen molar-refractivity contribution in [2.24, 2.45) is 0 Å². The Morgan fingerprint density at radius 1 is 1.36 bits per heavy atom. The summed E-state index contributed by atoms with van der Waals surface area (Å²) in [4.78, 5) is 8.98. The van der Waals surface area contributed by atoms with E-state index in [1.54, 1.807) is 0 Å². The van der Waals surface area contributed by atoms with Crippen LogP contribution in [0.15, 0.2) is 0 Å². The minimum atomic E-state index is 0.457. The van der Waals surface area contributed by atoms with E-state index in [1.165, 1.54) is 7.11 Å². The topological polar surface area (TPSA) is 40.2 Å². The molecule has 0 aliphatic carbocycles. The SMILES string of the molecule is COOCCOCCC1CO1. The second-order valence-corrected chi connectivity index (χ2v) is 2.35. The Morgan fingerprint density at radius 2 is 2.18 bits per heavy atom. The second kappa shape index (κ2) is 5.49. The molecule has 0 amide bonds. The standard InChI is InChI=1S/C7H14O4/c1-8-11-5-4-9-3-2-7-6-10-7/h7H,2-6H2,1H3. The summed E-state index contributed by atoms with van der Waals surface area (Å²) in [5.41, 5.74) is 0. The van der Waals surface area contributed by atoms with Gasteiger partial charge in [-0.2, -0.15) is 0 Å². The van der Waals surface area contributed by atoms with Gasteiger partial charge in [0.25, 0.3) is 0 Å². The van der Waals surface area contributed by atoms with Crippen LogP contribution in [0.2, 0.25) is 0 Å². The minimum Gasteiger partial charge on any atom is -0.379 e. The summed E-state index contributed by atoms with van der Waals surface area (Å²) in [5, 5.41) is 0. The van der Waals surface area contributed by atoms with E-state index < -0.39 is 0 Å². The first-order valence-electron chi connectivity index (χ1n) is 3.78. The van der Waals surface area contributed by atoms with Crippen LogP contribution in [-0.4, -0.2) is 39.6 Å². The average molecular weight is 162 g/mol. The maximum Gasteiger partial charge on any atom is 0.106 e. The molecule has 0 spiro atoms. The highest BCUT2D eigenvalue weighted by Crippen LogP contribution is 2.12. The van der Waals surface area contributed by atoms with Gasteiger partial charge in [0, 0.05) is 6.61 Å². The first kappa shape index (κ1) is 8.93. The molecule has 1 unspecified atom stereocenters. The van der Waals surface area contributed by atoms with Gasteiger partial charge in [-0.3, -0.25) is 0 Å². The third-order valence-corrected chi connectivity index (χ3v) is 1.42. The average Bonchev–Trinajstić information content (AvgIpc) is 2.80. The lowest BCUT2D eigenvalue weighted by Gasteiger charge is -2.01. The zero-order valence-electron chi connectivity index (χ0n) is 6.75. The van der Waals surface area contributed by atoms with Crippen LogP contribution >= 0.6 is 0 Å². The van der Waals surface area contributed by atoms with Gasteiger partial charge in [-0.25, -0.2) is 9.78 Å². The number of ether oxygens (including phenoxy) is 2. The molecule has 1 aliphatic rings. The monoisotopic (exact) mass is 162 g/mol. The van der Waals surface area contributed by atoms with Crippen molar-refractivity contribution < 1.29 is 19.2 Å². The van der Waals surface area contributed by atoms with Gasteiger partial charge in [-0.1, -0.05) is 0 Å². The van der Waals surface area contributed by atoms with Crippen molar-refractivity contribution in [1.29, 1.82) is 0 Å². The maximum atomic E-state index is 5.20. The summed E-state index contributed by atoms with van der Waals surface area (Å²) in [6, 6.07) is 0. The van der Waals surface area contributed by atoms with Crippen LogP contribution < -0.4 is 0 Å². The lowest BCUT2D eigenvalue weighted by molar-refractivity contribution is -0.277. The van der Waals surface area contributed by atoms with Crippen molar-refractivity contribution in [2.45, 2.75) is 12.5 Å². The Morgan fingerprint density at radius 3 is 2.82 bits per heavy atom.